The summed E-state index contributed by atoms with van der Waals surface area (Å²) in [6.07, 6.45) is 4.05. The number of nitrogens with zero attached hydrogens (tertiary/aromatic N) is 3. The molecule has 1 heterocycles. The van der Waals surface area contributed by atoms with Crippen molar-refractivity contribution in [3.63, 3.8) is 0 Å². The van der Waals surface area contributed by atoms with Gasteiger partial charge in [0.2, 0.25) is 6.17 Å². The van der Waals surface area contributed by atoms with E-state index in [-0.39, 0.29) is 5.91 Å². The maximum absolute atomic E-state index is 12.0. The second-order valence-corrected chi connectivity index (χ2v) is 3.82. The van der Waals surface area contributed by atoms with E-state index in [1.807, 2.05) is 6.07 Å². The first-order valence-electron chi connectivity index (χ1n) is 5.66. The van der Waals surface area contributed by atoms with Gasteiger partial charge in [-0.15, -0.1) is 0 Å². The number of aromatic nitrogens is 2. The van der Waals surface area contributed by atoms with Gasteiger partial charge in [0.1, 0.15) is 6.07 Å². The van der Waals surface area contributed by atoms with Crippen molar-refractivity contribution in [2.75, 3.05) is 0 Å². The summed E-state index contributed by atoms with van der Waals surface area (Å²) in [5, 5.41) is 15.6. The van der Waals surface area contributed by atoms with Crippen LogP contribution in [0.3, 0.4) is 0 Å². The fourth-order valence-electron chi connectivity index (χ4n) is 1.57. The minimum absolute atomic E-state index is 0.322. The van der Waals surface area contributed by atoms with Gasteiger partial charge in [-0.05, 0) is 23.8 Å². The molecule has 1 aromatic carbocycles. The maximum atomic E-state index is 12.0. The van der Waals surface area contributed by atoms with Gasteiger partial charge in [0.25, 0.3) is 5.91 Å². The van der Waals surface area contributed by atoms with Crippen molar-refractivity contribution < 1.29 is 4.79 Å². The van der Waals surface area contributed by atoms with Crippen LogP contribution >= 0.6 is 0 Å². The van der Waals surface area contributed by atoms with Crippen molar-refractivity contribution in [1.29, 1.82) is 5.26 Å². The molecule has 1 atom stereocenters. The van der Waals surface area contributed by atoms with Crippen molar-refractivity contribution >= 4 is 12.0 Å². The molecule has 0 saturated heterocycles. The highest BCUT2D eigenvalue weighted by atomic mass is 16.1. The van der Waals surface area contributed by atoms with Gasteiger partial charge in [-0.3, -0.25) is 4.79 Å². The average molecular weight is 252 g/mol. The lowest BCUT2D eigenvalue weighted by Crippen LogP contribution is -2.31. The molecule has 0 aliphatic carbocycles. The molecule has 0 aliphatic heterocycles. The van der Waals surface area contributed by atoms with E-state index in [2.05, 4.69) is 17.0 Å². The molecule has 0 radical (unpaired) electrons. The summed E-state index contributed by atoms with van der Waals surface area (Å²) >= 11 is 0. The van der Waals surface area contributed by atoms with Crippen LogP contribution in [0.15, 0.2) is 49.3 Å². The van der Waals surface area contributed by atoms with Crippen molar-refractivity contribution in [3.8, 4) is 6.07 Å². The first kappa shape index (κ1) is 12.6. The van der Waals surface area contributed by atoms with E-state index in [1.54, 1.807) is 48.8 Å². The third-order valence-electron chi connectivity index (χ3n) is 2.59. The van der Waals surface area contributed by atoms with Crippen LogP contribution in [-0.4, -0.2) is 15.7 Å². The van der Waals surface area contributed by atoms with Crippen LogP contribution in [0.2, 0.25) is 0 Å². The highest BCUT2D eigenvalue weighted by Gasteiger charge is 2.14. The summed E-state index contributed by atoms with van der Waals surface area (Å²) in [4.78, 5) is 12.0. The topological polar surface area (TPSA) is 70.7 Å². The number of rotatable bonds is 4. The molecule has 1 unspecified atom stereocenters. The van der Waals surface area contributed by atoms with Crippen LogP contribution in [0.5, 0.6) is 0 Å². The van der Waals surface area contributed by atoms with E-state index >= 15 is 0 Å². The molecule has 1 aromatic heterocycles. The predicted octanol–water partition coefficient (Wildman–Crippen LogP) is 1.98. The van der Waals surface area contributed by atoms with Crippen LogP contribution in [0.4, 0.5) is 0 Å². The molecule has 0 aliphatic rings. The Morgan fingerprint density at radius 3 is 2.74 bits per heavy atom. The molecule has 0 spiro atoms. The average Bonchev–Trinajstić information content (AvgIpc) is 2.98. The number of hydrogen-bond donors (Lipinski definition) is 1. The highest BCUT2D eigenvalue weighted by molar-refractivity contribution is 5.94. The molecule has 0 bridgehead atoms. The first-order valence-corrected chi connectivity index (χ1v) is 5.66. The van der Waals surface area contributed by atoms with Gasteiger partial charge in [-0.1, -0.05) is 24.8 Å². The van der Waals surface area contributed by atoms with Gasteiger partial charge in [-0.2, -0.15) is 10.4 Å². The SMILES string of the molecule is C=Cc1ccc(C(=O)NC(C#N)n2cccn2)cc1. The third-order valence-corrected chi connectivity index (χ3v) is 2.59. The van der Waals surface area contributed by atoms with E-state index < -0.39 is 6.17 Å². The Bertz CT molecular complexity index is 608. The molecule has 19 heavy (non-hydrogen) atoms. The number of benzene rings is 1. The number of carbonyl (C=O) groups excluding carboxylic acids is 1. The lowest BCUT2D eigenvalue weighted by atomic mass is 10.1. The van der Waals surface area contributed by atoms with Crippen LogP contribution in [0.25, 0.3) is 6.08 Å². The van der Waals surface area contributed by atoms with E-state index in [0.717, 1.165) is 5.56 Å². The van der Waals surface area contributed by atoms with E-state index in [4.69, 9.17) is 5.26 Å². The van der Waals surface area contributed by atoms with E-state index in [1.165, 1.54) is 4.68 Å². The zero-order chi connectivity index (χ0) is 13.7. The maximum Gasteiger partial charge on any atom is 0.253 e. The number of amides is 1. The Morgan fingerprint density at radius 2 is 2.21 bits per heavy atom. The lowest BCUT2D eigenvalue weighted by Gasteiger charge is -2.11. The number of nitriles is 1. The van der Waals surface area contributed by atoms with Gasteiger partial charge in [0, 0.05) is 18.0 Å². The summed E-state index contributed by atoms with van der Waals surface area (Å²) < 4.78 is 1.38. The summed E-state index contributed by atoms with van der Waals surface area (Å²) in [6.45, 7) is 3.65. The highest BCUT2D eigenvalue weighted by Crippen LogP contribution is 2.07. The Morgan fingerprint density at radius 1 is 1.47 bits per heavy atom. The van der Waals surface area contributed by atoms with Gasteiger partial charge in [0.05, 0.1) is 0 Å². The molecule has 1 N–H and O–H groups in total. The minimum atomic E-state index is -0.818. The standard InChI is InChI=1S/C14H12N4O/c1-2-11-4-6-12(7-5-11)14(19)17-13(10-15)18-9-3-8-16-18/h2-9,13H,1H2,(H,17,19). The van der Waals surface area contributed by atoms with E-state index in [0.29, 0.717) is 5.56 Å². The molecule has 2 rings (SSSR count). The molecular weight excluding hydrogens is 240 g/mol. The second kappa shape index (κ2) is 5.65. The summed E-state index contributed by atoms with van der Waals surface area (Å²) in [6, 6.07) is 10.6. The quantitative estimate of drug-likeness (QED) is 0.904. The van der Waals surface area contributed by atoms with Crippen molar-refractivity contribution in [2.45, 2.75) is 6.17 Å². The molecule has 5 nitrogen and oxygen atoms in total. The van der Waals surface area contributed by atoms with Crippen molar-refractivity contribution in [1.82, 2.24) is 15.1 Å². The molecular formula is C14H12N4O. The van der Waals surface area contributed by atoms with Crippen LogP contribution in [0.1, 0.15) is 22.1 Å². The summed E-state index contributed by atoms with van der Waals surface area (Å²) in [5.41, 5.74) is 1.42. The Hall–Kier alpha value is -2.87. The normalized spacial score (nSPS) is 11.3. The first-order chi connectivity index (χ1) is 9.24. The molecule has 2 aromatic rings. The lowest BCUT2D eigenvalue weighted by molar-refractivity contribution is 0.0930. The number of hydrogen-bond acceptors (Lipinski definition) is 3. The van der Waals surface area contributed by atoms with Crippen molar-refractivity contribution in [2.24, 2.45) is 0 Å². The number of carbonyl (C=O) groups is 1. The second-order valence-electron chi connectivity index (χ2n) is 3.82. The summed E-state index contributed by atoms with van der Waals surface area (Å²) in [7, 11) is 0. The van der Waals surface area contributed by atoms with Gasteiger partial charge in [0.15, 0.2) is 0 Å². The fourth-order valence-corrected chi connectivity index (χ4v) is 1.57. The molecule has 0 fully saturated rings. The minimum Gasteiger partial charge on any atom is -0.318 e. The van der Waals surface area contributed by atoms with Crippen molar-refractivity contribution in [3.05, 3.63) is 60.4 Å². The smallest absolute Gasteiger partial charge is 0.253 e. The Kier molecular flexibility index (Phi) is 3.74. The van der Waals surface area contributed by atoms with Crippen LogP contribution in [-0.2, 0) is 0 Å². The molecule has 5 heteroatoms. The molecule has 94 valence electrons. The molecule has 0 saturated carbocycles. The van der Waals surface area contributed by atoms with Crippen LogP contribution in [0, 0.1) is 11.3 Å². The van der Waals surface area contributed by atoms with E-state index in [9.17, 15) is 4.79 Å². The zero-order valence-corrected chi connectivity index (χ0v) is 10.2. The monoisotopic (exact) mass is 252 g/mol. The Labute approximate surface area is 110 Å². The fraction of sp³-hybridized carbons (Fsp3) is 0.0714. The zero-order valence-electron chi connectivity index (χ0n) is 10.2. The Balaban J connectivity index is 2.11. The third kappa shape index (κ3) is 2.87. The predicted molar refractivity (Wildman–Crippen MR) is 70.9 cm³/mol. The van der Waals surface area contributed by atoms with Gasteiger partial charge < -0.3 is 5.32 Å². The van der Waals surface area contributed by atoms with Gasteiger partial charge >= 0.3 is 0 Å². The number of nitrogens with one attached hydrogen (secondary N) is 1. The molecule has 1 amide bonds. The summed E-state index contributed by atoms with van der Waals surface area (Å²) in [5.74, 6) is -0.322. The van der Waals surface area contributed by atoms with Crippen LogP contribution < -0.4 is 5.32 Å². The largest absolute Gasteiger partial charge is 0.318 e. The van der Waals surface area contributed by atoms with Gasteiger partial charge in [-0.25, -0.2) is 4.68 Å².